The standard InChI is InChI=1S/C21H21N3O4/c1-14-4-10-18(19(12-14)27-3)28-13-20(25)22-16-7-5-15(6-8-16)17-9-11-21(26)24(2)23-17/h4-12H,13H2,1-3H3,(H,22,25). The van der Waals surface area contributed by atoms with E-state index in [0.717, 1.165) is 11.1 Å². The third-order valence-corrected chi connectivity index (χ3v) is 4.10. The average molecular weight is 379 g/mol. The van der Waals surface area contributed by atoms with E-state index in [4.69, 9.17) is 9.47 Å². The van der Waals surface area contributed by atoms with Crippen LogP contribution in [-0.2, 0) is 11.8 Å². The molecule has 1 N–H and O–H groups in total. The zero-order valence-corrected chi connectivity index (χ0v) is 15.9. The topological polar surface area (TPSA) is 82.5 Å². The van der Waals surface area contributed by atoms with Gasteiger partial charge in [-0.3, -0.25) is 9.59 Å². The first-order valence-corrected chi connectivity index (χ1v) is 8.68. The van der Waals surface area contributed by atoms with Crippen LogP contribution in [0.25, 0.3) is 11.3 Å². The molecule has 28 heavy (non-hydrogen) atoms. The number of hydrogen-bond donors (Lipinski definition) is 1. The van der Waals surface area contributed by atoms with Crippen molar-refractivity contribution >= 4 is 11.6 Å². The van der Waals surface area contributed by atoms with Gasteiger partial charge in [0.1, 0.15) is 0 Å². The Morgan fingerprint density at radius 2 is 1.82 bits per heavy atom. The summed E-state index contributed by atoms with van der Waals surface area (Å²) in [6.07, 6.45) is 0. The zero-order chi connectivity index (χ0) is 20.1. The summed E-state index contributed by atoms with van der Waals surface area (Å²) in [6, 6.07) is 15.8. The smallest absolute Gasteiger partial charge is 0.266 e. The molecule has 0 unspecified atom stereocenters. The van der Waals surface area contributed by atoms with Crippen molar-refractivity contribution < 1.29 is 14.3 Å². The van der Waals surface area contributed by atoms with E-state index in [1.54, 1.807) is 38.4 Å². The fourth-order valence-electron chi connectivity index (χ4n) is 2.62. The van der Waals surface area contributed by atoms with E-state index in [9.17, 15) is 9.59 Å². The predicted octanol–water partition coefficient (Wildman–Crippen LogP) is 2.78. The van der Waals surface area contributed by atoms with Gasteiger partial charge in [-0.1, -0.05) is 18.2 Å². The molecule has 1 heterocycles. The van der Waals surface area contributed by atoms with Crippen LogP contribution in [0.15, 0.2) is 59.4 Å². The van der Waals surface area contributed by atoms with Crippen molar-refractivity contribution in [2.75, 3.05) is 19.0 Å². The molecular weight excluding hydrogens is 358 g/mol. The summed E-state index contributed by atoms with van der Waals surface area (Å²) >= 11 is 0. The van der Waals surface area contributed by atoms with Gasteiger partial charge in [-0.25, -0.2) is 4.68 Å². The summed E-state index contributed by atoms with van der Waals surface area (Å²) in [6.45, 7) is 1.82. The lowest BCUT2D eigenvalue weighted by molar-refractivity contribution is -0.118. The van der Waals surface area contributed by atoms with Gasteiger partial charge in [-0.05, 0) is 42.8 Å². The maximum atomic E-state index is 12.2. The molecule has 0 aliphatic carbocycles. The number of rotatable bonds is 6. The maximum Gasteiger partial charge on any atom is 0.266 e. The average Bonchev–Trinajstić information content (AvgIpc) is 2.69. The van der Waals surface area contributed by atoms with Crippen molar-refractivity contribution in [1.82, 2.24) is 9.78 Å². The van der Waals surface area contributed by atoms with Crippen molar-refractivity contribution in [3.05, 3.63) is 70.5 Å². The highest BCUT2D eigenvalue weighted by molar-refractivity contribution is 5.92. The molecule has 0 bridgehead atoms. The number of hydrogen-bond acceptors (Lipinski definition) is 5. The molecule has 0 atom stereocenters. The summed E-state index contributed by atoms with van der Waals surface area (Å²) in [4.78, 5) is 23.6. The highest BCUT2D eigenvalue weighted by Gasteiger charge is 2.09. The van der Waals surface area contributed by atoms with Crippen molar-refractivity contribution in [3.63, 3.8) is 0 Å². The Morgan fingerprint density at radius 1 is 1.07 bits per heavy atom. The Hall–Kier alpha value is -3.61. The van der Waals surface area contributed by atoms with E-state index in [1.807, 2.05) is 31.2 Å². The van der Waals surface area contributed by atoms with Crippen LogP contribution in [0.5, 0.6) is 11.5 Å². The minimum absolute atomic E-state index is 0.135. The molecule has 0 radical (unpaired) electrons. The number of methoxy groups -OCH3 is 1. The highest BCUT2D eigenvalue weighted by atomic mass is 16.5. The monoisotopic (exact) mass is 379 g/mol. The van der Waals surface area contributed by atoms with Crippen LogP contribution in [0.3, 0.4) is 0 Å². The lowest BCUT2D eigenvalue weighted by Crippen LogP contribution is -2.20. The number of nitrogens with zero attached hydrogens (tertiary/aromatic N) is 2. The number of aryl methyl sites for hydroxylation is 2. The number of amides is 1. The first-order chi connectivity index (χ1) is 13.5. The molecule has 0 spiro atoms. The summed E-state index contributed by atoms with van der Waals surface area (Å²) < 4.78 is 12.1. The lowest BCUT2D eigenvalue weighted by Gasteiger charge is -2.11. The van der Waals surface area contributed by atoms with Crippen LogP contribution in [0.1, 0.15) is 5.56 Å². The summed E-state index contributed by atoms with van der Waals surface area (Å²) in [5.74, 6) is 0.817. The van der Waals surface area contributed by atoms with Gasteiger partial charge in [0.2, 0.25) is 0 Å². The first-order valence-electron chi connectivity index (χ1n) is 8.68. The minimum atomic E-state index is -0.282. The van der Waals surface area contributed by atoms with Crippen LogP contribution in [0, 0.1) is 6.92 Å². The van der Waals surface area contributed by atoms with Gasteiger partial charge >= 0.3 is 0 Å². The van der Waals surface area contributed by atoms with E-state index in [2.05, 4.69) is 10.4 Å². The number of carbonyl (C=O) groups is 1. The Balaban J connectivity index is 1.61. The number of aromatic nitrogens is 2. The molecule has 7 heteroatoms. The van der Waals surface area contributed by atoms with Crippen molar-refractivity contribution in [2.45, 2.75) is 6.92 Å². The molecule has 0 aliphatic heterocycles. The van der Waals surface area contributed by atoms with Gasteiger partial charge in [-0.2, -0.15) is 5.10 Å². The quantitative estimate of drug-likeness (QED) is 0.712. The zero-order valence-electron chi connectivity index (χ0n) is 15.9. The van der Waals surface area contributed by atoms with Crippen molar-refractivity contribution in [1.29, 1.82) is 0 Å². The number of carbonyl (C=O) groups excluding carboxylic acids is 1. The molecule has 3 rings (SSSR count). The van der Waals surface area contributed by atoms with E-state index in [-0.39, 0.29) is 18.1 Å². The van der Waals surface area contributed by atoms with Crippen molar-refractivity contribution in [3.8, 4) is 22.8 Å². The Morgan fingerprint density at radius 3 is 2.50 bits per heavy atom. The maximum absolute atomic E-state index is 12.2. The predicted molar refractivity (Wildman–Crippen MR) is 107 cm³/mol. The SMILES string of the molecule is COc1cc(C)ccc1OCC(=O)Nc1ccc(-c2ccc(=O)n(C)n2)cc1. The molecule has 7 nitrogen and oxygen atoms in total. The highest BCUT2D eigenvalue weighted by Crippen LogP contribution is 2.27. The normalized spacial score (nSPS) is 10.4. The van der Waals surface area contributed by atoms with Crippen LogP contribution in [-0.4, -0.2) is 29.4 Å². The second-order valence-electron chi connectivity index (χ2n) is 6.25. The second kappa shape index (κ2) is 8.39. The fourth-order valence-corrected chi connectivity index (χ4v) is 2.62. The molecule has 0 aliphatic rings. The van der Waals surface area contributed by atoms with Crippen LogP contribution in [0.2, 0.25) is 0 Å². The molecule has 1 amide bonds. The largest absolute Gasteiger partial charge is 0.493 e. The van der Waals surface area contributed by atoms with E-state index in [1.165, 1.54) is 10.7 Å². The number of anilines is 1. The molecule has 1 aromatic heterocycles. The van der Waals surface area contributed by atoms with E-state index >= 15 is 0 Å². The summed E-state index contributed by atoms with van der Waals surface area (Å²) in [5, 5.41) is 6.98. The third-order valence-electron chi connectivity index (χ3n) is 4.10. The van der Waals surface area contributed by atoms with Gasteiger partial charge in [0.25, 0.3) is 11.5 Å². The minimum Gasteiger partial charge on any atom is -0.493 e. The molecule has 144 valence electrons. The fraction of sp³-hybridized carbons (Fsp3) is 0.190. The molecule has 3 aromatic rings. The van der Waals surface area contributed by atoms with Gasteiger partial charge in [0.05, 0.1) is 12.8 Å². The molecule has 2 aromatic carbocycles. The molecule has 0 saturated carbocycles. The van der Waals surface area contributed by atoms with E-state index in [0.29, 0.717) is 22.9 Å². The number of benzene rings is 2. The summed E-state index contributed by atoms with van der Waals surface area (Å²) in [5.41, 5.74) is 3.03. The van der Waals surface area contributed by atoms with Gasteiger partial charge in [0.15, 0.2) is 18.1 Å². The van der Waals surface area contributed by atoms with E-state index < -0.39 is 0 Å². The van der Waals surface area contributed by atoms with Crippen molar-refractivity contribution in [2.24, 2.45) is 7.05 Å². The Labute approximate surface area is 162 Å². The Kier molecular flexibility index (Phi) is 5.74. The van der Waals surface area contributed by atoms with Crippen LogP contribution >= 0.6 is 0 Å². The molecular formula is C21H21N3O4. The van der Waals surface area contributed by atoms with Gasteiger partial charge in [0, 0.05) is 24.4 Å². The van der Waals surface area contributed by atoms with Gasteiger partial charge in [-0.15, -0.1) is 0 Å². The summed E-state index contributed by atoms with van der Waals surface area (Å²) in [7, 11) is 3.16. The first kappa shape index (κ1) is 19.2. The van der Waals surface area contributed by atoms with Crippen LogP contribution in [0.4, 0.5) is 5.69 Å². The lowest BCUT2D eigenvalue weighted by atomic mass is 10.1. The number of ether oxygens (including phenoxy) is 2. The Bertz CT molecular complexity index is 1040. The second-order valence-corrected chi connectivity index (χ2v) is 6.25. The number of nitrogens with one attached hydrogen (secondary N) is 1. The third kappa shape index (κ3) is 4.56. The van der Waals surface area contributed by atoms with Crippen LogP contribution < -0.4 is 20.3 Å². The molecule has 0 saturated heterocycles. The molecule has 0 fully saturated rings. The van der Waals surface area contributed by atoms with Gasteiger partial charge < -0.3 is 14.8 Å².